The number of anilines is 1. The lowest BCUT2D eigenvalue weighted by atomic mass is 10.0. The largest absolute Gasteiger partial charge is 0.511 e. The van der Waals surface area contributed by atoms with Crippen molar-refractivity contribution in [3.63, 3.8) is 0 Å². The van der Waals surface area contributed by atoms with Crippen molar-refractivity contribution in [2.24, 2.45) is 11.1 Å². The maximum atomic E-state index is 15.2. The molecule has 28 heavy (non-hydrogen) atoms. The van der Waals surface area contributed by atoms with Crippen LogP contribution in [0.1, 0.15) is 25.8 Å². The average Bonchev–Trinajstić information content (AvgIpc) is 3.33. The van der Waals surface area contributed by atoms with Crippen molar-refractivity contribution in [1.82, 2.24) is 4.57 Å². The maximum absolute atomic E-state index is 15.2. The van der Waals surface area contributed by atoms with Gasteiger partial charge in [0.05, 0.1) is 23.1 Å². The molecule has 5 rings (SSSR count). The van der Waals surface area contributed by atoms with Gasteiger partial charge in [0.2, 0.25) is 5.43 Å². The fourth-order valence-electron chi connectivity index (χ4n) is 4.50. The second kappa shape index (κ2) is 5.60. The standard InChI is InChI=1S/C19H20FN3O5/c1-9-7-27-17-14-10(16(24)12(5-23(9)14)28-18(25)26)4-11(20)15(17)22-6-13(21)19(8-22)2-3-19/h4-5,9,13H,2-3,6-8,21H2,1H3,(H,25,26)/t9-,13?/m0/s1. The smallest absolute Gasteiger partial charge is 0.487 e. The monoisotopic (exact) mass is 389 g/mol. The van der Waals surface area contributed by atoms with E-state index < -0.39 is 17.4 Å². The summed E-state index contributed by atoms with van der Waals surface area (Å²) in [5.41, 5.74) is 6.41. The van der Waals surface area contributed by atoms with E-state index in [1.165, 1.54) is 6.20 Å². The molecule has 2 fully saturated rings. The summed E-state index contributed by atoms with van der Waals surface area (Å²) in [6.45, 7) is 3.32. The molecule has 3 heterocycles. The first kappa shape index (κ1) is 17.3. The quantitative estimate of drug-likeness (QED) is 0.757. The van der Waals surface area contributed by atoms with Crippen LogP contribution in [0.4, 0.5) is 14.9 Å². The molecule has 9 heteroatoms. The van der Waals surface area contributed by atoms with E-state index in [2.05, 4.69) is 4.74 Å². The highest BCUT2D eigenvalue weighted by molar-refractivity contribution is 5.93. The lowest BCUT2D eigenvalue weighted by Gasteiger charge is -2.31. The van der Waals surface area contributed by atoms with Crippen molar-refractivity contribution >= 4 is 22.7 Å². The van der Waals surface area contributed by atoms with Gasteiger partial charge < -0.3 is 29.8 Å². The third-order valence-corrected chi connectivity index (χ3v) is 6.22. The van der Waals surface area contributed by atoms with Gasteiger partial charge in [0, 0.05) is 24.5 Å². The van der Waals surface area contributed by atoms with Gasteiger partial charge in [-0.2, -0.15) is 0 Å². The molecule has 2 aromatic rings. The fourth-order valence-corrected chi connectivity index (χ4v) is 4.50. The highest BCUT2D eigenvalue weighted by Crippen LogP contribution is 2.54. The van der Waals surface area contributed by atoms with Crippen molar-refractivity contribution in [2.75, 3.05) is 24.6 Å². The van der Waals surface area contributed by atoms with Crippen molar-refractivity contribution in [1.29, 1.82) is 0 Å². The SMILES string of the molecule is C[C@H]1COc2c(N3CC(N)C4(CC4)C3)c(F)cc3c(=O)c(OC(=O)O)cn1c23. The van der Waals surface area contributed by atoms with Gasteiger partial charge in [0.15, 0.2) is 17.3 Å². The van der Waals surface area contributed by atoms with Crippen LogP contribution in [-0.2, 0) is 0 Å². The topological polar surface area (TPSA) is 107 Å². The third-order valence-electron chi connectivity index (χ3n) is 6.22. The first-order chi connectivity index (χ1) is 13.3. The minimum atomic E-state index is -1.60. The molecule has 2 aliphatic heterocycles. The van der Waals surface area contributed by atoms with E-state index in [1.807, 2.05) is 11.8 Å². The number of pyridine rings is 1. The number of halogens is 1. The number of rotatable bonds is 2. The van der Waals surface area contributed by atoms with Crippen LogP contribution in [0.3, 0.4) is 0 Å². The van der Waals surface area contributed by atoms with E-state index in [0.29, 0.717) is 30.0 Å². The summed E-state index contributed by atoms with van der Waals surface area (Å²) in [6, 6.07) is 0.943. The Morgan fingerprint density at radius 3 is 2.86 bits per heavy atom. The summed E-state index contributed by atoms with van der Waals surface area (Å²) < 4.78 is 27.4. The minimum absolute atomic E-state index is 0.0224. The molecule has 2 atom stereocenters. The van der Waals surface area contributed by atoms with Crippen molar-refractivity contribution in [2.45, 2.75) is 31.8 Å². The number of hydrogen-bond donors (Lipinski definition) is 2. The Morgan fingerprint density at radius 1 is 1.46 bits per heavy atom. The number of carbonyl (C=O) groups is 1. The zero-order valence-corrected chi connectivity index (χ0v) is 15.3. The highest BCUT2D eigenvalue weighted by atomic mass is 19.1. The molecule has 3 N–H and O–H groups in total. The molecule has 0 bridgehead atoms. The van der Waals surface area contributed by atoms with Crippen LogP contribution < -0.4 is 25.5 Å². The molecule has 0 radical (unpaired) electrons. The number of ether oxygens (including phenoxy) is 2. The van der Waals surface area contributed by atoms with E-state index in [9.17, 15) is 9.59 Å². The van der Waals surface area contributed by atoms with E-state index >= 15 is 4.39 Å². The lowest BCUT2D eigenvalue weighted by Crippen LogP contribution is -2.31. The first-order valence-corrected chi connectivity index (χ1v) is 9.26. The molecule has 0 amide bonds. The molecule has 1 aromatic heterocycles. The molecule has 1 aliphatic carbocycles. The molecule has 1 saturated heterocycles. The summed E-state index contributed by atoms with van der Waals surface area (Å²) >= 11 is 0. The van der Waals surface area contributed by atoms with Crippen LogP contribution in [0.25, 0.3) is 10.9 Å². The van der Waals surface area contributed by atoms with E-state index in [4.69, 9.17) is 15.6 Å². The van der Waals surface area contributed by atoms with Crippen LogP contribution in [0.5, 0.6) is 11.5 Å². The van der Waals surface area contributed by atoms with Crippen LogP contribution in [0.15, 0.2) is 17.1 Å². The second-order valence-corrected chi connectivity index (χ2v) is 8.04. The minimum Gasteiger partial charge on any atom is -0.487 e. The predicted octanol–water partition coefficient (Wildman–Crippen LogP) is 2.08. The van der Waals surface area contributed by atoms with Crippen LogP contribution in [-0.4, -0.2) is 41.6 Å². The summed E-state index contributed by atoms with van der Waals surface area (Å²) in [7, 11) is 0. The van der Waals surface area contributed by atoms with Gasteiger partial charge in [0.25, 0.3) is 0 Å². The van der Waals surface area contributed by atoms with Crippen LogP contribution in [0, 0.1) is 11.2 Å². The number of nitrogens with two attached hydrogens (primary N) is 1. The number of hydrogen-bond acceptors (Lipinski definition) is 6. The highest BCUT2D eigenvalue weighted by Gasteiger charge is 2.54. The van der Waals surface area contributed by atoms with Crippen molar-refractivity contribution < 1.29 is 23.8 Å². The molecule has 3 aliphatic rings. The zero-order chi connectivity index (χ0) is 19.8. The average molecular weight is 389 g/mol. The predicted molar refractivity (Wildman–Crippen MR) is 98.9 cm³/mol. The van der Waals surface area contributed by atoms with Gasteiger partial charge in [-0.3, -0.25) is 4.79 Å². The Labute approximate surface area is 159 Å². The normalized spacial score (nSPS) is 24.5. The van der Waals surface area contributed by atoms with Gasteiger partial charge in [-0.05, 0) is 25.8 Å². The Morgan fingerprint density at radius 2 is 2.21 bits per heavy atom. The van der Waals surface area contributed by atoms with Gasteiger partial charge >= 0.3 is 6.16 Å². The molecular formula is C19H20FN3O5. The molecule has 1 spiro atoms. The van der Waals surface area contributed by atoms with Crippen LogP contribution in [0.2, 0.25) is 0 Å². The molecule has 1 saturated carbocycles. The maximum Gasteiger partial charge on any atom is 0.511 e. The van der Waals surface area contributed by atoms with E-state index in [-0.39, 0.29) is 35.2 Å². The number of nitrogens with zero attached hydrogens (tertiary/aromatic N) is 2. The fraction of sp³-hybridized carbons (Fsp3) is 0.474. The van der Waals surface area contributed by atoms with Crippen LogP contribution >= 0.6 is 0 Å². The molecule has 1 aromatic carbocycles. The zero-order valence-electron chi connectivity index (χ0n) is 15.3. The summed E-state index contributed by atoms with van der Waals surface area (Å²) in [5, 5.41) is 8.93. The molecular weight excluding hydrogens is 369 g/mol. The first-order valence-electron chi connectivity index (χ1n) is 9.26. The summed E-state index contributed by atoms with van der Waals surface area (Å²) in [4.78, 5) is 25.5. The van der Waals surface area contributed by atoms with Gasteiger partial charge in [0.1, 0.15) is 12.3 Å². The Hall–Kier alpha value is -2.81. The van der Waals surface area contributed by atoms with E-state index in [0.717, 1.165) is 18.9 Å². The second-order valence-electron chi connectivity index (χ2n) is 8.04. The third kappa shape index (κ3) is 2.32. The number of aromatic nitrogens is 1. The lowest BCUT2D eigenvalue weighted by molar-refractivity contribution is 0.143. The van der Waals surface area contributed by atoms with Crippen molar-refractivity contribution in [3.05, 3.63) is 28.3 Å². The summed E-state index contributed by atoms with van der Waals surface area (Å²) in [5.74, 6) is -0.637. The Kier molecular flexibility index (Phi) is 3.46. The Bertz CT molecular complexity index is 1080. The summed E-state index contributed by atoms with van der Waals surface area (Å²) in [6.07, 6.45) is 1.83. The van der Waals surface area contributed by atoms with Gasteiger partial charge in [-0.1, -0.05) is 0 Å². The van der Waals surface area contributed by atoms with Gasteiger partial charge in [-0.15, -0.1) is 0 Å². The van der Waals surface area contributed by atoms with Crippen molar-refractivity contribution in [3.8, 4) is 11.5 Å². The van der Waals surface area contributed by atoms with E-state index in [1.54, 1.807) is 4.57 Å². The number of benzene rings is 1. The van der Waals surface area contributed by atoms with Gasteiger partial charge in [-0.25, -0.2) is 9.18 Å². The molecule has 1 unspecified atom stereocenters. The molecule has 8 nitrogen and oxygen atoms in total. The number of carboxylic acid groups (broad SMARTS) is 1. The molecule has 148 valence electrons. The Balaban J connectivity index is 1.74.